The van der Waals surface area contributed by atoms with Gasteiger partial charge in [0.05, 0.1) is 19.6 Å². The van der Waals surface area contributed by atoms with Crippen molar-refractivity contribution in [2.75, 3.05) is 13.7 Å². The number of carbonyl (C=O) groups is 4. The Morgan fingerprint density at radius 1 is 0.956 bits per heavy atom. The highest BCUT2D eigenvalue weighted by molar-refractivity contribution is 6.00. The van der Waals surface area contributed by atoms with Crippen molar-refractivity contribution in [1.82, 2.24) is 25.7 Å². The molecule has 1 aliphatic rings. The lowest BCUT2D eigenvalue weighted by Gasteiger charge is -2.31. The molecule has 2 heterocycles. The molecule has 3 amide bonds. The molecule has 0 radical (unpaired) electrons. The number of likely N-dealkylation sites (tertiary alicyclic amines) is 1. The zero-order chi connectivity index (χ0) is 32.5. The highest BCUT2D eigenvalue weighted by Crippen LogP contribution is 2.23. The molecule has 12 heteroatoms. The molecule has 45 heavy (non-hydrogen) atoms. The average Bonchev–Trinajstić information content (AvgIpc) is 3.72. The summed E-state index contributed by atoms with van der Waals surface area (Å²) in [6.45, 7) is 7.63. The molecule has 1 fully saturated rings. The Bertz CT molecular complexity index is 1470. The number of carbonyl (C=O) groups excluding carboxylic acids is 4. The summed E-state index contributed by atoms with van der Waals surface area (Å²) >= 11 is 0. The number of hydrogen-bond acceptors (Lipinski definition) is 9. The van der Waals surface area contributed by atoms with Gasteiger partial charge < -0.3 is 29.5 Å². The van der Waals surface area contributed by atoms with Crippen LogP contribution in [0.1, 0.15) is 68.2 Å². The van der Waals surface area contributed by atoms with E-state index in [2.05, 4.69) is 20.8 Å². The van der Waals surface area contributed by atoms with Crippen molar-refractivity contribution in [2.45, 2.75) is 71.7 Å². The molecule has 1 aliphatic heterocycles. The second-order valence-electron chi connectivity index (χ2n) is 11.7. The number of ether oxygens (including phenoxy) is 2. The van der Waals surface area contributed by atoms with E-state index in [0.717, 1.165) is 11.1 Å². The quantitative estimate of drug-likeness (QED) is 0.271. The number of nitrogens with one attached hydrogen (secondary N) is 2. The van der Waals surface area contributed by atoms with E-state index in [4.69, 9.17) is 14.0 Å². The molecule has 3 aromatic rings. The van der Waals surface area contributed by atoms with E-state index in [1.54, 1.807) is 21.0 Å². The number of ketones is 1. The van der Waals surface area contributed by atoms with Crippen molar-refractivity contribution in [3.63, 3.8) is 0 Å². The van der Waals surface area contributed by atoms with Crippen LogP contribution in [0.15, 0.2) is 59.1 Å². The lowest BCUT2D eigenvalue weighted by Crippen LogP contribution is -2.57. The number of nitrogens with zero attached hydrogens (tertiary/aromatic N) is 3. The van der Waals surface area contributed by atoms with Crippen molar-refractivity contribution in [2.24, 2.45) is 11.8 Å². The van der Waals surface area contributed by atoms with E-state index in [1.807, 2.05) is 68.4 Å². The third-order valence-electron chi connectivity index (χ3n) is 7.73. The monoisotopic (exact) mass is 619 g/mol. The van der Waals surface area contributed by atoms with Crippen LogP contribution in [0, 0.1) is 11.8 Å². The topological polar surface area (TPSA) is 153 Å². The number of rotatable bonds is 13. The Labute approximate surface area is 262 Å². The Kier molecular flexibility index (Phi) is 11.3. The van der Waals surface area contributed by atoms with Gasteiger partial charge in [0.15, 0.2) is 0 Å². The molecule has 4 rings (SSSR count). The van der Waals surface area contributed by atoms with Gasteiger partial charge in [0.2, 0.25) is 29.3 Å². The minimum Gasteiger partial charge on any atom is -0.496 e. The molecule has 12 nitrogen and oxygen atoms in total. The van der Waals surface area contributed by atoms with Crippen LogP contribution in [-0.2, 0) is 27.4 Å². The maximum Gasteiger partial charge on any atom is 0.408 e. The standard InChI is InChI=1S/C33H41N5O7/c1-20(2)27(29(39)30-34-26(45-37-30)18-23-14-9-10-16-25(23)43-5)35-31(40)24-15-11-17-38(24)32(41)28(21(3)4)36-33(42)44-19-22-12-7-6-8-13-22/h6-10,12-14,16,20-21,24,27-28H,11,15,17-19H2,1-5H3,(H,35,40)(H,36,42)/t24?,27-,28+/m1/s1. The molecule has 0 saturated carbocycles. The lowest BCUT2D eigenvalue weighted by molar-refractivity contribution is -0.141. The van der Waals surface area contributed by atoms with Gasteiger partial charge >= 0.3 is 6.09 Å². The third kappa shape index (κ3) is 8.46. The summed E-state index contributed by atoms with van der Waals surface area (Å²) in [7, 11) is 1.57. The molecule has 1 aromatic heterocycles. The summed E-state index contributed by atoms with van der Waals surface area (Å²) in [5, 5.41) is 9.38. The Morgan fingerprint density at radius 3 is 2.33 bits per heavy atom. The van der Waals surface area contributed by atoms with Gasteiger partial charge in [0, 0.05) is 12.1 Å². The van der Waals surface area contributed by atoms with Crippen LogP contribution in [0.3, 0.4) is 0 Å². The normalized spacial score (nSPS) is 15.9. The van der Waals surface area contributed by atoms with Crippen LogP contribution in [0.25, 0.3) is 0 Å². The van der Waals surface area contributed by atoms with Crippen LogP contribution < -0.4 is 15.4 Å². The highest BCUT2D eigenvalue weighted by Gasteiger charge is 2.40. The zero-order valence-corrected chi connectivity index (χ0v) is 26.3. The number of methoxy groups -OCH3 is 1. The molecule has 3 atom stereocenters. The molecule has 0 aliphatic carbocycles. The van der Waals surface area contributed by atoms with E-state index in [1.165, 1.54) is 4.90 Å². The fourth-order valence-electron chi connectivity index (χ4n) is 5.25. The van der Waals surface area contributed by atoms with E-state index >= 15 is 0 Å². The van der Waals surface area contributed by atoms with Gasteiger partial charge in [0.25, 0.3) is 0 Å². The third-order valence-corrected chi connectivity index (χ3v) is 7.73. The van der Waals surface area contributed by atoms with Crippen LogP contribution in [0.5, 0.6) is 5.75 Å². The zero-order valence-electron chi connectivity index (χ0n) is 26.3. The minimum atomic E-state index is -0.946. The number of alkyl carbamates (subject to hydrolysis) is 1. The van der Waals surface area contributed by atoms with Crippen molar-refractivity contribution in [3.05, 3.63) is 77.4 Å². The van der Waals surface area contributed by atoms with Crippen molar-refractivity contribution in [3.8, 4) is 5.75 Å². The molecule has 1 saturated heterocycles. The average molecular weight is 620 g/mol. The summed E-state index contributed by atoms with van der Waals surface area (Å²) < 4.78 is 16.0. The predicted molar refractivity (Wildman–Crippen MR) is 164 cm³/mol. The van der Waals surface area contributed by atoms with E-state index in [9.17, 15) is 19.2 Å². The molecule has 0 bridgehead atoms. The SMILES string of the molecule is COc1ccccc1Cc1nc(C(=O)[C@H](NC(=O)C2CCCN2C(=O)[C@@H](NC(=O)OCc2ccccc2)C(C)C)C(C)C)no1. The summed E-state index contributed by atoms with van der Waals surface area (Å²) in [4.78, 5) is 59.0. The number of amides is 3. The smallest absolute Gasteiger partial charge is 0.408 e. The largest absolute Gasteiger partial charge is 0.496 e. The summed E-state index contributed by atoms with van der Waals surface area (Å²) in [5.41, 5.74) is 1.64. The van der Waals surface area contributed by atoms with Crippen molar-refractivity contribution < 1.29 is 33.2 Å². The van der Waals surface area contributed by atoms with Gasteiger partial charge in [-0.3, -0.25) is 14.4 Å². The van der Waals surface area contributed by atoms with E-state index < -0.39 is 35.9 Å². The lowest BCUT2D eigenvalue weighted by atomic mass is 9.98. The maximum atomic E-state index is 13.7. The number of aromatic nitrogens is 2. The Balaban J connectivity index is 1.40. The molecular weight excluding hydrogens is 578 g/mol. The maximum absolute atomic E-state index is 13.7. The van der Waals surface area contributed by atoms with Crippen LogP contribution in [-0.4, -0.2) is 70.5 Å². The molecular formula is C33H41N5O7. The first-order valence-corrected chi connectivity index (χ1v) is 15.2. The van der Waals surface area contributed by atoms with Crippen LogP contribution in [0.4, 0.5) is 4.79 Å². The summed E-state index contributed by atoms with van der Waals surface area (Å²) in [5.74, 6) is -1.15. The Hall–Kier alpha value is -4.74. The summed E-state index contributed by atoms with van der Waals surface area (Å²) in [6.07, 6.45) is 0.574. The van der Waals surface area contributed by atoms with Gasteiger partial charge in [-0.2, -0.15) is 4.98 Å². The fraction of sp³-hybridized carbons (Fsp3) is 0.455. The molecule has 1 unspecified atom stereocenters. The molecule has 2 N–H and O–H groups in total. The van der Waals surface area contributed by atoms with Crippen molar-refractivity contribution in [1.29, 1.82) is 0 Å². The predicted octanol–water partition coefficient (Wildman–Crippen LogP) is 3.93. The first kappa shape index (κ1) is 33.2. The Morgan fingerprint density at radius 2 is 1.64 bits per heavy atom. The second-order valence-corrected chi connectivity index (χ2v) is 11.7. The number of hydrogen-bond donors (Lipinski definition) is 2. The summed E-state index contributed by atoms with van der Waals surface area (Å²) in [6, 6.07) is 14.0. The van der Waals surface area contributed by atoms with E-state index in [0.29, 0.717) is 25.1 Å². The van der Waals surface area contributed by atoms with Gasteiger partial charge in [-0.1, -0.05) is 81.4 Å². The first-order valence-electron chi connectivity index (χ1n) is 15.2. The first-order chi connectivity index (χ1) is 21.6. The number of para-hydroxylation sites is 1. The van der Waals surface area contributed by atoms with Crippen LogP contribution in [0.2, 0.25) is 0 Å². The molecule has 240 valence electrons. The fourth-order valence-corrected chi connectivity index (χ4v) is 5.25. The highest BCUT2D eigenvalue weighted by atomic mass is 16.5. The van der Waals surface area contributed by atoms with Crippen molar-refractivity contribution >= 4 is 23.7 Å². The second kappa shape index (κ2) is 15.3. The molecule has 2 aromatic carbocycles. The minimum absolute atomic E-state index is 0.0629. The number of Topliss-reactive ketones (excluding diaryl/α,β-unsaturated/α-hetero) is 1. The number of benzene rings is 2. The molecule has 0 spiro atoms. The van der Waals surface area contributed by atoms with Crippen LogP contribution >= 0.6 is 0 Å². The van der Waals surface area contributed by atoms with Gasteiger partial charge in [-0.25, -0.2) is 4.79 Å². The van der Waals surface area contributed by atoms with Gasteiger partial charge in [-0.15, -0.1) is 0 Å². The van der Waals surface area contributed by atoms with Gasteiger partial charge in [-0.05, 0) is 36.3 Å². The van der Waals surface area contributed by atoms with Gasteiger partial charge in [0.1, 0.15) is 24.4 Å². The van der Waals surface area contributed by atoms with E-state index in [-0.39, 0.29) is 42.5 Å².